The molecule has 0 radical (unpaired) electrons. The lowest BCUT2D eigenvalue weighted by atomic mass is 10.3. The highest BCUT2D eigenvalue weighted by molar-refractivity contribution is 6.30. The Morgan fingerprint density at radius 1 is 1.35 bits per heavy atom. The summed E-state index contributed by atoms with van der Waals surface area (Å²) in [6.45, 7) is 0.953. The quantitative estimate of drug-likeness (QED) is 0.855. The zero-order valence-corrected chi connectivity index (χ0v) is 10.0. The number of nitrogens with one attached hydrogen (secondary N) is 1. The number of rotatable bonds is 5. The van der Waals surface area contributed by atoms with Crippen molar-refractivity contribution in [2.24, 2.45) is 0 Å². The molecule has 5 heteroatoms. The fourth-order valence-corrected chi connectivity index (χ4v) is 1.62. The van der Waals surface area contributed by atoms with E-state index in [1.165, 1.54) is 0 Å². The van der Waals surface area contributed by atoms with Crippen molar-refractivity contribution in [3.05, 3.63) is 47.7 Å². The van der Waals surface area contributed by atoms with E-state index in [2.05, 4.69) is 10.4 Å². The molecular formula is C12H14ClN3O. The van der Waals surface area contributed by atoms with E-state index in [0.29, 0.717) is 18.1 Å². The van der Waals surface area contributed by atoms with Gasteiger partial charge in [0.15, 0.2) is 0 Å². The number of aliphatic hydroxyl groups is 1. The minimum Gasteiger partial charge on any atom is -0.389 e. The fourth-order valence-electron chi connectivity index (χ4n) is 1.49. The van der Waals surface area contributed by atoms with Crippen molar-refractivity contribution >= 4 is 17.3 Å². The van der Waals surface area contributed by atoms with Crippen LogP contribution in [0.3, 0.4) is 0 Å². The average Bonchev–Trinajstić information content (AvgIpc) is 2.81. The average molecular weight is 252 g/mol. The largest absolute Gasteiger partial charge is 0.389 e. The number of benzene rings is 1. The predicted molar refractivity (Wildman–Crippen MR) is 68.2 cm³/mol. The highest BCUT2D eigenvalue weighted by Crippen LogP contribution is 2.13. The second kappa shape index (κ2) is 5.70. The van der Waals surface area contributed by atoms with Gasteiger partial charge in [-0.3, -0.25) is 4.68 Å². The van der Waals surface area contributed by atoms with Gasteiger partial charge in [-0.25, -0.2) is 0 Å². The summed E-state index contributed by atoms with van der Waals surface area (Å²) in [6, 6.07) is 9.21. The predicted octanol–water partition coefficient (Wildman–Crippen LogP) is 2.01. The van der Waals surface area contributed by atoms with Gasteiger partial charge in [-0.1, -0.05) is 11.6 Å². The SMILES string of the molecule is OC(CNc1ccc(Cl)cc1)Cn1cccn1. The first-order valence-electron chi connectivity index (χ1n) is 5.39. The molecule has 1 unspecified atom stereocenters. The lowest BCUT2D eigenvalue weighted by Crippen LogP contribution is -2.25. The van der Waals surface area contributed by atoms with E-state index in [9.17, 15) is 5.11 Å². The second-order valence-corrected chi connectivity index (χ2v) is 4.21. The summed E-state index contributed by atoms with van der Waals surface area (Å²) in [4.78, 5) is 0. The molecule has 0 spiro atoms. The Hall–Kier alpha value is -1.52. The van der Waals surface area contributed by atoms with E-state index >= 15 is 0 Å². The molecule has 0 aliphatic rings. The summed E-state index contributed by atoms with van der Waals surface area (Å²) in [7, 11) is 0. The highest BCUT2D eigenvalue weighted by atomic mass is 35.5. The van der Waals surface area contributed by atoms with Gasteiger partial charge in [0.2, 0.25) is 0 Å². The molecule has 2 aromatic rings. The maximum atomic E-state index is 9.79. The van der Waals surface area contributed by atoms with Crippen molar-refractivity contribution in [1.82, 2.24) is 9.78 Å². The molecule has 2 N–H and O–H groups in total. The Morgan fingerprint density at radius 3 is 2.76 bits per heavy atom. The van der Waals surface area contributed by atoms with Crippen molar-refractivity contribution in [1.29, 1.82) is 0 Å². The lowest BCUT2D eigenvalue weighted by molar-refractivity contribution is 0.161. The number of hydrogen-bond acceptors (Lipinski definition) is 3. The topological polar surface area (TPSA) is 50.1 Å². The van der Waals surface area contributed by atoms with Gasteiger partial charge in [0, 0.05) is 29.6 Å². The van der Waals surface area contributed by atoms with Crippen molar-refractivity contribution < 1.29 is 5.11 Å². The molecular weight excluding hydrogens is 238 g/mol. The van der Waals surface area contributed by atoms with Crippen LogP contribution in [-0.2, 0) is 6.54 Å². The van der Waals surface area contributed by atoms with Gasteiger partial charge >= 0.3 is 0 Å². The zero-order chi connectivity index (χ0) is 12.1. The van der Waals surface area contributed by atoms with Gasteiger partial charge in [0.05, 0.1) is 12.6 Å². The number of anilines is 1. The second-order valence-electron chi connectivity index (χ2n) is 3.77. The van der Waals surface area contributed by atoms with Gasteiger partial charge in [0.1, 0.15) is 0 Å². The summed E-state index contributed by atoms with van der Waals surface area (Å²) < 4.78 is 1.70. The first kappa shape index (κ1) is 12.0. The third-order valence-corrected chi connectivity index (χ3v) is 2.60. The number of aliphatic hydroxyl groups excluding tert-OH is 1. The van der Waals surface area contributed by atoms with Crippen molar-refractivity contribution in [2.75, 3.05) is 11.9 Å². The molecule has 1 aromatic carbocycles. The monoisotopic (exact) mass is 251 g/mol. The van der Waals surface area contributed by atoms with Crippen LogP contribution < -0.4 is 5.32 Å². The van der Waals surface area contributed by atoms with E-state index in [0.717, 1.165) is 5.69 Å². The van der Waals surface area contributed by atoms with E-state index < -0.39 is 6.10 Å². The van der Waals surface area contributed by atoms with Gasteiger partial charge in [-0.2, -0.15) is 5.10 Å². The van der Waals surface area contributed by atoms with Crippen LogP contribution >= 0.6 is 11.6 Å². The molecule has 0 aliphatic carbocycles. The fraction of sp³-hybridized carbons (Fsp3) is 0.250. The van der Waals surface area contributed by atoms with Crippen molar-refractivity contribution in [2.45, 2.75) is 12.6 Å². The molecule has 0 saturated heterocycles. The van der Waals surface area contributed by atoms with E-state index in [1.54, 1.807) is 10.9 Å². The Bertz CT molecular complexity index is 441. The molecule has 90 valence electrons. The Kier molecular flexibility index (Phi) is 4.01. The Balaban J connectivity index is 1.79. The van der Waals surface area contributed by atoms with Crippen LogP contribution in [0.15, 0.2) is 42.7 Å². The first-order valence-corrected chi connectivity index (χ1v) is 5.77. The molecule has 4 nitrogen and oxygen atoms in total. The van der Waals surface area contributed by atoms with Crippen LogP contribution in [0.2, 0.25) is 5.02 Å². The van der Waals surface area contributed by atoms with Gasteiger partial charge in [-0.15, -0.1) is 0 Å². The number of halogens is 1. The number of hydrogen-bond donors (Lipinski definition) is 2. The van der Waals surface area contributed by atoms with Crippen LogP contribution in [0.5, 0.6) is 0 Å². The van der Waals surface area contributed by atoms with Crippen LogP contribution in [0.25, 0.3) is 0 Å². The van der Waals surface area contributed by atoms with Gasteiger partial charge in [-0.05, 0) is 30.3 Å². The molecule has 1 atom stereocenters. The summed E-state index contributed by atoms with van der Waals surface area (Å²) in [5.41, 5.74) is 0.939. The molecule has 1 aromatic heterocycles. The van der Waals surface area contributed by atoms with Crippen molar-refractivity contribution in [3.8, 4) is 0 Å². The third kappa shape index (κ3) is 3.76. The Morgan fingerprint density at radius 2 is 2.12 bits per heavy atom. The molecule has 0 fully saturated rings. The van der Waals surface area contributed by atoms with E-state index in [-0.39, 0.29) is 0 Å². The Labute approximate surface area is 105 Å². The van der Waals surface area contributed by atoms with Crippen molar-refractivity contribution in [3.63, 3.8) is 0 Å². The summed E-state index contributed by atoms with van der Waals surface area (Å²) in [6.07, 6.45) is 3.04. The maximum absolute atomic E-state index is 9.79. The molecule has 2 rings (SSSR count). The van der Waals surface area contributed by atoms with Crippen LogP contribution in [0.4, 0.5) is 5.69 Å². The molecule has 17 heavy (non-hydrogen) atoms. The minimum absolute atomic E-state index is 0.474. The van der Waals surface area contributed by atoms with Crippen LogP contribution in [0.1, 0.15) is 0 Å². The first-order chi connectivity index (χ1) is 8.24. The number of aromatic nitrogens is 2. The number of nitrogens with zero attached hydrogens (tertiary/aromatic N) is 2. The van der Waals surface area contributed by atoms with E-state index in [4.69, 9.17) is 11.6 Å². The molecule has 0 bridgehead atoms. The molecule has 1 heterocycles. The standard InChI is InChI=1S/C12H14ClN3O/c13-10-2-4-11(5-3-10)14-8-12(17)9-16-7-1-6-15-16/h1-7,12,14,17H,8-9H2. The van der Waals surface area contributed by atoms with Crippen LogP contribution in [-0.4, -0.2) is 27.5 Å². The third-order valence-electron chi connectivity index (χ3n) is 2.34. The molecule has 0 aliphatic heterocycles. The highest BCUT2D eigenvalue weighted by Gasteiger charge is 2.04. The summed E-state index contributed by atoms with van der Waals surface area (Å²) >= 11 is 5.78. The maximum Gasteiger partial charge on any atom is 0.0907 e. The normalized spacial score (nSPS) is 12.4. The smallest absolute Gasteiger partial charge is 0.0907 e. The molecule has 0 saturated carbocycles. The minimum atomic E-state index is -0.481. The zero-order valence-electron chi connectivity index (χ0n) is 9.25. The van der Waals surface area contributed by atoms with E-state index in [1.807, 2.05) is 36.5 Å². The molecule has 0 amide bonds. The summed E-state index contributed by atoms with van der Waals surface area (Å²) in [5.74, 6) is 0. The summed E-state index contributed by atoms with van der Waals surface area (Å²) in [5, 5.41) is 17.7. The van der Waals surface area contributed by atoms with Gasteiger partial charge < -0.3 is 10.4 Å². The van der Waals surface area contributed by atoms with Gasteiger partial charge in [0.25, 0.3) is 0 Å². The lowest BCUT2D eigenvalue weighted by Gasteiger charge is -2.12. The van der Waals surface area contributed by atoms with Crippen LogP contribution in [0, 0.1) is 0 Å².